The van der Waals surface area contributed by atoms with Gasteiger partial charge in [0.1, 0.15) is 11.2 Å². The third-order valence-corrected chi connectivity index (χ3v) is 9.31. The summed E-state index contributed by atoms with van der Waals surface area (Å²) < 4.78 is 6.42. The van der Waals surface area contributed by atoms with Gasteiger partial charge in [-0.25, -0.2) is 15.0 Å². The molecule has 10 aromatic rings. The topological polar surface area (TPSA) is 64.7 Å². The number of benzene rings is 7. The number of pyridine rings is 1. The number of para-hydroxylation sites is 2. The average Bonchev–Trinajstić information content (AvgIpc) is 3.56. The number of fused-ring (bicyclic) bond motifs is 6. The lowest BCUT2D eigenvalue weighted by Gasteiger charge is -2.10. The Hall–Kier alpha value is -6.72. The monoisotopic (exact) mass is 626 g/mol. The highest BCUT2D eigenvalue weighted by molar-refractivity contribution is 6.09. The summed E-state index contributed by atoms with van der Waals surface area (Å²) in [7, 11) is 0. The lowest BCUT2D eigenvalue weighted by atomic mass is 10.0. The van der Waals surface area contributed by atoms with Crippen molar-refractivity contribution in [2.24, 2.45) is 0 Å². The van der Waals surface area contributed by atoms with Crippen LogP contribution in [0.3, 0.4) is 0 Å². The maximum atomic E-state index is 6.42. The van der Waals surface area contributed by atoms with Crippen molar-refractivity contribution in [2.45, 2.75) is 0 Å². The van der Waals surface area contributed by atoms with E-state index in [1.165, 1.54) is 10.8 Å². The zero-order valence-electron chi connectivity index (χ0n) is 26.2. The van der Waals surface area contributed by atoms with Crippen LogP contribution in [0.4, 0.5) is 0 Å². The summed E-state index contributed by atoms with van der Waals surface area (Å²) in [4.78, 5) is 20.0. The Balaban J connectivity index is 1.16. The van der Waals surface area contributed by atoms with E-state index in [2.05, 4.69) is 115 Å². The summed E-state index contributed by atoms with van der Waals surface area (Å²) in [5, 5.41) is 8.89. The van der Waals surface area contributed by atoms with Crippen LogP contribution >= 0.6 is 0 Å². The van der Waals surface area contributed by atoms with E-state index in [4.69, 9.17) is 24.4 Å². The van der Waals surface area contributed by atoms with Gasteiger partial charge in [-0.15, -0.1) is 0 Å². The van der Waals surface area contributed by atoms with Crippen molar-refractivity contribution in [3.63, 3.8) is 0 Å². The number of nitrogens with zero attached hydrogens (tertiary/aromatic N) is 4. The van der Waals surface area contributed by atoms with Crippen molar-refractivity contribution < 1.29 is 4.42 Å². The minimum Gasteiger partial charge on any atom is -0.455 e. The Bertz CT molecular complexity index is 2910. The van der Waals surface area contributed by atoms with Crippen LogP contribution in [0, 0.1) is 0 Å². The Labute approximate surface area is 281 Å². The Kier molecular flexibility index (Phi) is 6.11. The maximum absolute atomic E-state index is 6.42. The third-order valence-electron chi connectivity index (χ3n) is 9.31. The molecule has 0 N–H and O–H groups in total. The van der Waals surface area contributed by atoms with Crippen LogP contribution in [0.25, 0.3) is 99.7 Å². The van der Waals surface area contributed by atoms with E-state index < -0.39 is 0 Å². The normalized spacial score (nSPS) is 11.7. The highest BCUT2D eigenvalue weighted by atomic mass is 16.3. The van der Waals surface area contributed by atoms with Crippen molar-refractivity contribution in [3.05, 3.63) is 158 Å². The summed E-state index contributed by atoms with van der Waals surface area (Å²) in [6.07, 6.45) is 1.94. The molecule has 0 atom stereocenters. The molecule has 10 rings (SSSR count). The fraction of sp³-hybridized carbons (Fsp3) is 0. The molecule has 5 nitrogen and oxygen atoms in total. The van der Waals surface area contributed by atoms with Crippen LogP contribution in [0.5, 0.6) is 0 Å². The predicted octanol–water partition coefficient (Wildman–Crippen LogP) is 11.3. The molecular weight excluding hydrogens is 601 g/mol. The van der Waals surface area contributed by atoms with Crippen LogP contribution in [0.2, 0.25) is 0 Å². The van der Waals surface area contributed by atoms with Gasteiger partial charge in [0.2, 0.25) is 0 Å². The van der Waals surface area contributed by atoms with Crippen LogP contribution in [0.15, 0.2) is 162 Å². The van der Waals surface area contributed by atoms with E-state index in [0.29, 0.717) is 17.5 Å². The quantitative estimate of drug-likeness (QED) is 0.194. The molecule has 228 valence electrons. The molecule has 5 heteroatoms. The molecule has 7 aromatic carbocycles. The maximum Gasteiger partial charge on any atom is 0.167 e. The molecular formula is C44H26N4O. The molecule has 0 fully saturated rings. The molecule has 0 saturated carbocycles. The van der Waals surface area contributed by atoms with Gasteiger partial charge in [0.15, 0.2) is 17.5 Å². The molecule has 0 aliphatic rings. The molecule has 0 unspecified atom stereocenters. The molecule has 0 saturated heterocycles. The lowest BCUT2D eigenvalue weighted by Crippen LogP contribution is -2.00. The van der Waals surface area contributed by atoms with Crippen LogP contribution in [-0.4, -0.2) is 19.9 Å². The van der Waals surface area contributed by atoms with Gasteiger partial charge in [0.25, 0.3) is 0 Å². The number of aromatic nitrogens is 4. The van der Waals surface area contributed by atoms with E-state index >= 15 is 0 Å². The largest absolute Gasteiger partial charge is 0.455 e. The van der Waals surface area contributed by atoms with Gasteiger partial charge in [-0.05, 0) is 63.3 Å². The van der Waals surface area contributed by atoms with Gasteiger partial charge in [0, 0.05) is 39.0 Å². The van der Waals surface area contributed by atoms with Gasteiger partial charge in [-0.3, -0.25) is 4.98 Å². The first-order chi connectivity index (χ1) is 24.2. The summed E-state index contributed by atoms with van der Waals surface area (Å²) in [5.74, 6) is 1.76. The number of hydrogen-bond acceptors (Lipinski definition) is 5. The first kappa shape index (κ1) is 27.4. The van der Waals surface area contributed by atoms with E-state index in [1.54, 1.807) is 0 Å². The molecule has 0 bridgehead atoms. The molecule has 0 aliphatic heterocycles. The average molecular weight is 627 g/mol. The van der Waals surface area contributed by atoms with Crippen molar-refractivity contribution in [3.8, 4) is 45.4 Å². The van der Waals surface area contributed by atoms with Gasteiger partial charge >= 0.3 is 0 Å². The fourth-order valence-electron chi connectivity index (χ4n) is 6.79. The van der Waals surface area contributed by atoms with Crippen molar-refractivity contribution in [2.75, 3.05) is 0 Å². The number of hydrogen-bond donors (Lipinski definition) is 0. The smallest absolute Gasteiger partial charge is 0.167 e. The Morgan fingerprint density at radius 2 is 0.959 bits per heavy atom. The lowest BCUT2D eigenvalue weighted by molar-refractivity contribution is 0.669. The van der Waals surface area contributed by atoms with E-state index in [0.717, 1.165) is 71.4 Å². The molecule has 49 heavy (non-hydrogen) atoms. The predicted molar refractivity (Wildman–Crippen MR) is 199 cm³/mol. The summed E-state index contributed by atoms with van der Waals surface area (Å²) in [5.41, 5.74) is 6.23. The molecule has 3 aromatic heterocycles. The molecule has 0 aliphatic carbocycles. The summed E-state index contributed by atoms with van der Waals surface area (Å²) in [6, 6.07) is 52.2. The van der Waals surface area contributed by atoms with Crippen molar-refractivity contribution >= 4 is 54.3 Å². The standard InChI is InChI=1S/C44H26N4O/c1-2-9-29-22-32(20-17-27(29)8-1)42-46-43(48-44(47-42)38-14-7-13-37-36-12-5-6-15-40(36)49-41(37)38)33-21-18-28-16-19-31(23-35(28)24-33)39-25-30-10-3-4-11-34(30)26-45-39/h1-26H. The Morgan fingerprint density at radius 3 is 1.76 bits per heavy atom. The molecule has 3 heterocycles. The van der Waals surface area contributed by atoms with E-state index in [-0.39, 0.29) is 0 Å². The molecule has 0 radical (unpaired) electrons. The summed E-state index contributed by atoms with van der Waals surface area (Å²) >= 11 is 0. The van der Waals surface area contributed by atoms with Crippen molar-refractivity contribution in [1.29, 1.82) is 0 Å². The van der Waals surface area contributed by atoms with Gasteiger partial charge in [-0.1, -0.05) is 115 Å². The van der Waals surface area contributed by atoms with Crippen molar-refractivity contribution in [1.82, 2.24) is 19.9 Å². The first-order valence-electron chi connectivity index (χ1n) is 16.3. The highest BCUT2D eigenvalue weighted by Gasteiger charge is 2.18. The second kappa shape index (κ2) is 10.9. The minimum absolute atomic E-state index is 0.562. The van der Waals surface area contributed by atoms with Crippen LogP contribution in [0.1, 0.15) is 0 Å². The number of furan rings is 1. The van der Waals surface area contributed by atoms with Gasteiger partial charge in [-0.2, -0.15) is 0 Å². The van der Waals surface area contributed by atoms with E-state index in [9.17, 15) is 0 Å². The van der Waals surface area contributed by atoms with Crippen LogP contribution < -0.4 is 0 Å². The van der Waals surface area contributed by atoms with Gasteiger partial charge < -0.3 is 4.42 Å². The Morgan fingerprint density at radius 1 is 0.388 bits per heavy atom. The second-order valence-electron chi connectivity index (χ2n) is 12.3. The highest BCUT2D eigenvalue weighted by Crippen LogP contribution is 2.36. The SMILES string of the molecule is c1ccc2cc(-c3nc(-c4ccc5ccc(-c6cc7ccccc7cn6)cc5c4)nc(-c4cccc5c4oc4ccccc45)n3)ccc2c1. The molecule has 0 spiro atoms. The number of rotatable bonds is 4. The third kappa shape index (κ3) is 4.71. The second-order valence-corrected chi connectivity index (χ2v) is 12.3. The fourth-order valence-corrected chi connectivity index (χ4v) is 6.79. The zero-order valence-corrected chi connectivity index (χ0v) is 26.2. The zero-order chi connectivity index (χ0) is 32.3. The van der Waals surface area contributed by atoms with E-state index in [1.807, 2.05) is 42.6 Å². The summed E-state index contributed by atoms with van der Waals surface area (Å²) in [6.45, 7) is 0. The van der Waals surface area contributed by atoms with Crippen LogP contribution in [-0.2, 0) is 0 Å². The van der Waals surface area contributed by atoms with Gasteiger partial charge in [0.05, 0.1) is 11.3 Å². The first-order valence-corrected chi connectivity index (χ1v) is 16.3. The molecule has 0 amide bonds. The minimum atomic E-state index is 0.562.